The first-order valence-corrected chi connectivity index (χ1v) is 14.7. The van der Waals surface area contributed by atoms with Gasteiger partial charge < -0.3 is 29.7 Å². The van der Waals surface area contributed by atoms with Crippen LogP contribution >= 0.6 is 0 Å². The lowest BCUT2D eigenvalue weighted by molar-refractivity contribution is -0.131. The molecule has 2 amide bonds. The number of anilines is 2. The number of amides is 2. The highest BCUT2D eigenvalue weighted by molar-refractivity contribution is 6.16. The van der Waals surface area contributed by atoms with Gasteiger partial charge in [0.2, 0.25) is 17.7 Å². The van der Waals surface area contributed by atoms with Crippen molar-refractivity contribution >= 4 is 34.1 Å². The van der Waals surface area contributed by atoms with Crippen LogP contribution in [0.2, 0.25) is 0 Å². The third-order valence-electron chi connectivity index (χ3n) is 8.31. The summed E-state index contributed by atoms with van der Waals surface area (Å²) in [5, 5.41) is 5.77. The fourth-order valence-corrected chi connectivity index (χ4v) is 5.31. The van der Waals surface area contributed by atoms with Gasteiger partial charge in [0.1, 0.15) is 17.6 Å². The molecule has 0 radical (unpaired) electrons. The van der Waals surface area contributed by atoms with E-state index in [1.165, 1.54) is 42.7 Å². The number of hydrogen-bond donors (Lipinski definition) is 2. The Kier molecular flexibility index (Phi) is 8.48. The Morgan fingerprint density at radius 1 is 0.911 bits per heavy atom. The fourth-order valence-electron chi connectivity index (χ4n) is 5.31. The lowest BCUT2D eigenvalue weighted by Gasteiger charge is -2.28. The second-order valence-corrected chi connectivity index (χ2v) is 11.5. The summed E-state index contributed by atoms with van der Waals surface area (Å²) in [5.41, 5.74) is -0.211. The number of carbonyl (C=O) groups excluding carboxylic acids is 2. The number of benzene rings is 3. The number of hydrogen-bond acceptors (Lipinski definition) is 8. The van der Waals surface area contributed by atoms with Gasteiger partial charge in [-0.15, -0.1) is 0 Å². The van der Waals surface area contributed by atoms with Gasteiger partial charge in [-0.2, -0.15) is 0 Å². The van der Waals surface area contributed by atoms with Gasteiger partial charge in [-0.3, -0.25) is 9.59 Å². The Morgan fingerprint density at radius 3 is 2.27 bits per heavy atom. The number of nitrogens with zero attached hydrogens (tertiary/aromatic N) is 3. The molecule has 1 saturated carbocycles. The molecule has 1 saturated heterocycles. The monoisotopic (exact) mass is 617 g/mol. The maximum atomic E-state index is 15.2. The molecular weight excluding hydrogens is 584 g/mol. The molecule has 12 heteroatoms. The van der Waals surface area contributed by atoms with Crippen molar-refractivity contribution in [1.82, 2.24) is 14.9 Å². The van der Waals surface area contributed by atoms with Crippen LogP contribution in [0, 0.1) is 23.0 Å². The molecule has 1 aliphatic heterocycles. The van der Waals surface area contributed by atoms with E-state index in [0.29, 0.717) is 53.5 Å². The van der Waals surface area contributed by atoms with E-state index < -0.39 is 28.9 Å². The normalized spacial score (nSPS) is 16.2. The molecule has 45 heavy (non-hydrogen) atoms. The van der Waals surface area contributed by atoms with Crippen molar-refractivity contribution in [2.24, 2.45) is 11.3 Å². The SMILES string of the molecule is COc1cc2c(Oc3ccc(NC(=O)C4(C(=O)Nc5ccc(F)cc5)CC4)cc3F)ncnc2cc1OCC1CCN(C)CC1. The van der Waals surface area contributed by atoms with E-state index in [2.05, 4.69) is 32.5 Å². The van der Waals surface area contributed by atoms with Crippen molar-refractivity contribution in [3.05, 3.63) is 72.6 Å². The predicted molar refractivity (Wildman–Crippen MR) is 164 cm³/mol. The first-order valence-electron chi connectivity index (χ1n) is 14.7. The molecule has 4 aromatic rings. The van der Waals surface area contributed by atoms with Gasteiger partial charge in [0, 0.05) is 23.5 Å². The number of aromatic nitrogens is 2. The van der Waals surface area contributed by atoms with Crippen molar-refractivity contribution in [2.75, 3.05) is 44.5 Å². The van der Waals surface area contributed by atoms with Crippen LogP contribution in [0.1, 0.15) is 25.7 Å². The second kappa shape index (κ2) is 12.6. The molecule has 1 aromatic heterocycles. The lowest BCUT2D eigenvalue weighted by atomic mass is 9.98. The van der Waals surface area contributed by atoms with E-state index >= 15 is 4.39 Å². The first-order chi connectivity index (χ1) is 21.7. The molecule has 1 aliphatic carbocycles. The Hall–Kier alpha value is -4.84. The highest BCUT2D eigenvalue weighted by Crippen LogP contribution is 2.47. The van der Waals surface area contributed by atoms with E-state index in [9.17, 15) is 14.0 Å². The van der Waals surface area contributed by atoms with Gasteiger partial charge in [-0.05, 0) is 94.2 Å². The molecule has 10 nitrogen and oxygen atoms in total. The van der Waals surface area contributed by atoms with Crippen LogP contribution in [-0.2, 0) is 9.59 Å². The van der Waals surface area contributed by atoms with E-state index in [1.54, 1.807) is 19.2 Å². The second-order valence-electron chi connectivity index (χ2n) is 11.5. The van der Waals surface area contributed by atoms with Crippen molar-refractivity contribution in [3.8, 4) is 23.1 Å². The van der Waals surface area contributed by atoms with E-state index in [0.717, 1.165) is 32.0 Å². The Bertz CT molecular complexity index is 1720. The van der Waals surface area contributed by atoms with Crippen LogP contribution in [-0.4, -0.2) is 60.5 Å². The predicted octanol–water partition coefficient (Wildman–Crippen LogP) is 5.79. The highest BCUT2D eigenvalue weighted by atomic mass is 19.1. The van der Waals surface area contributed by atoms with Crippen LogP contribution < -0.4 is 24.8 Å². The topological polar surface area (TPSA) is 115 Å². The van der Waals surface area contributed by atoms with Crippen LogP contribution in [0.25, 0.3) is 10.9 Å². The number of methoxy groups -OCH3 is 1. The number of likely N-dealkylation sites (tertiary alicyclic amines) is 1. The zero-order valence-corrected chi connectivity index (χ0v) is 24.9. The molecule has 0 atom stereocenters. The average Bonchev–Trinajstić information content (AvgIpc) is 3.85. The van der Waals surface area contributed by atoms with E-state index in [-0.39, 0.29) is 17.3 Å². The molecule has 234 valence electrons. The maximum absolute atomic E-state index is 15.2. The molecule has 2 heterocycles. The molecular formula is C33H33F2N5O5. The smallest absolute Gasteiger partial charge is 0.240 e. The zero-order chi connectivity index (χ0) is 31.6. The van der Waals surface area contributed by atoms with Gasteiger partial charge in [0.25, 0.3) is 0 Å². The van der Waals surface area contributed by atoms with Gasteiger partial charge in [0.05, 0.1) is 24.6 Å². The largest absolute Gasteiger partial charge is 0.493 e. The van der Waals surface area contributed by atoms with Crippen LogP contribution in [0.15, 0.2) is 60.9 Å². The number of halogens is 2. The fraction of sp³-hybridized carbons (Fsp3) is 0.333. The minimum atomic E-state index is -1.28. The molecule has 2 aliphatic rings. The number of ether oxygens (including phenoxy) is 3. The van der Waals surface area contributed by atoms with Crippen LogP contribution in [0.4, 0.5) is 20.2 Å². The molecule has 0 bridgehead atoms. The van der Waals surface area contributed by atoms with Gasteiger partial charge >= 0.3 is 0 Å². The Labute approximate surface area is 258 Å². The number of fused-ring (bicyclic) bond motifs is 1. The van der Waals surface area contributed by atoms with Crippen molar-refractivity contribution in [2.45, 2.75) is 25.7 Å². The third kappa shape index (κ3) is 6.65. The number of rotatable bonds is 10. The minimum absolute atomic E-state index is 0.116. The number of nitrogens with one attached hydrogen (secondary N) is 2. The minimum Gasteiger partial charge on any atom is -0.493 e. The molecule has 3 aromatic carbocycles. The summed E-state index contributed by atoms with van der Waals surface area (Å²) >= 11 is 0. The molecule has 0 spiro atoms. The quantitative estimate of drug-likeness (QED) is 0.215. The lowest BCUT2D eigenvalue weighted by Crippen LogP contribution is -2.35. The summed E-state index contributed by atoms with van der Waals surface area (Å²) in [6, 6.07) is 12.7. The van der Waals surface area contributed by atoms with Gasteiger partial charge in [0.15, 0.2) is 23.1 Å². The average molecular weight is 618 g/mol. The number of piperidine rings is 1. The summed E-state index contributed by atoms with van der Waals surface area (Å²) < 4.78 is 46.0. The standard InChI is InChI=1S/C33H33F2N5O5/c1-40-13-9-20(10-14-40)18-44-29-17-26-24(16-28(29)43-2)30(37-19-36-26)45-27-8-7-23(15-25(27)35)39-32(42)33(11-12-33)31(41)38-22-5-3-21(34)4-6-22/h3-8,15-17,19-20H,9-14,18H2,1-2H3,(H,38,41)(H,39,42). The third-order valence-corrected chi connectivity index (χ3v) is 8.31. The van der Waals surface area contributed by atoms with E-state index in [1.807, 2.05) is 0 Å². The van der Waals surface area contributed by atoms with Crippen molar-refractivity contribution < 1.29 is 32.6 Å². The maximum Gasteiger partial charge on any atom is 0.240 e. The van der Waals surface area contributed by atoms with Crippen molar-refractivity contribution in [3.63, 3.8) is 0 Å². The summed E-state index contributed by atoms with van der Waals surface area (Å²) in [6.07, 6.45) is 4.13. The van der Waals surface area contributed by atoms with E-state index in [4.69, 9.17) is 14.2 Å². The summed E-state index contributed by atoms with van der Waals surface area (Å²) in [7, 11) is 3.66. The van der Waals surface area contributed by atoms with Crippen molar-refractivity contribution in [1.29, 1.82) is 0 Å². The van der Waals surface area contributed by atoms with Gasteiger partial charge in [-0.1, -0.05) is 0 Å². The summed E-state index contributed by atoms with van der Waals surface area (Å²) in [6.45, 7) is 2.65. The van der Waals surface area contributed by atoms with Crippen LogP contribution in [0.3, 0.4) is 0 Å². The zero-order valence-electron chi connectivity index (χ0n) is 24.9. The number of carbonyl (C=O) groups is 2. The molecule has 0 unspecified atom stereocenters. The molecule has 6 rings (SSSR count). The highest BCUT2D eigenvalue weighted by Gasteiger charge is 2.56. The Morgan fingerprint density at radius 2 is 1.60 bits per heavy atom. The first kappa shape index (κ1) is 30.2. The van der Waals surface area contributed by atoms with Gasteiger partial charge in [-0.25, -0.2) is 18.7 Å². The molecule has 2 N–H and O–H groups in total. The summed E-state index contributed by atoms with van der Waals surface area (Å²) in [5.74, 6) is -0.765. The molecule has 2 fully saturated rings. The van der Waals surface area contributed by atoms with Crippen LogP contribution in [0.5, 0.6) is 23.1 Å². The Balaban J connectivity index is 1.13. The summed E-state index contributed by atoms with van der Waals surface area (Å²) in [4.78, 5) is 36.7.